The Labute approximate surface area is 142 Å². The van der Waals surface area contributed by atoms with Crippen molar-refractivity contribution < 1.29 is 9.32 Å². The van der Waals surface area contributed by atoms with Crippen molar-refractivity contribution in [2.75, 3.05) is 24.5 Å². The second-order valence-electron chi connectivity index (χ2n) is 8.20. The van der Waals surface area contributed by atoms with Crippen LogP contribution in [0.15, 0.2) is 4.52 Å². The molecule has 5 rings (SSSR count). The van der Waals surface area contributed by atoms with Crippen LogP contribution in [0.2, 0.25) is 0 Å². The van der Waals surface area contributed by atoms with Crippen LogP contribution in [0.1, 0.15) is 69.6 Å². The second-order valence-corrected chi connectivity index (χ2v) is 8.20. The number of hydrogen-bond donors (Lipinski definition) is 0. The van der Waals surface area contributed by atoms with Gasteiger partial charge in [0.15, 0.2) is 0 Å². The summed E-state index contributed by atoms with van der Waals surface area (Å²) in [6, 6.07) is 0.496. The van der Waals surface area contributed by atoms with Crippen LogP contribution in [0.4, 0.5) is 5.95 Å². The molecule has 1 aromatic rings. The van der Waals surface area contributed by atoms with E-state index in [1.54, 1.807) is 0 Å². The highest BCUT2D eigenvalue weighted by atomic mass is 16.5. The van der Waals surface area contributed by atoms with E-state index in [4.69, 9.17) is 4.52 Å². The molecule has 0 aromatic carbocycles. The van der Waals surface area contributed by atoms with E-state index in [0.29, 0.717) is 23.8 Å². The SMILES string of the molecule is O=C1N(C2CCCC2)CCCC12CCN(c1noc(C3CC3)n1)C2. The van der Waals surface area contributed by atoms with Gasteiger partial charge in [-0.3, -0.25) is 4.79 Å². The molecule has 1 aromatic heterocycles. The summed E-state index contributed by atoms with van der Waals surface area (Å²) in [5, 5.41) is 4.17. The summed E-state index contributed by atoms with van der Waals surface area (Å²) >= 11 is 0. The maximum Gasteiger partial charge on any atom is 0.266 e. The van der Waals surface area contributed by atoms with Crippen molar-refractivity contribution in [3.63, 3.8) is 0 Å². The first kappa shape index (κ1) is 14.7. The highest BCUT2D eigenvalue weighted by Crippen LogP contribution is 2.44. The zero-order chi connectivity index (χ0) is 16.1. The minimum Gasteiger partial charge on any atom is -0.339 e. The molecule has 1 unspecified atom stereocenters. The van der Waals surface area contributed by atoms with Crippen molar-refractivity contribution in [3.8, 4) is 0 Å². The van der Waals surface area contributed by atoms with Gasteiger partial charge in [-0.2, -0.15) is 4.98 Å². The molecule has 4 aliphatic rings. The highest BCUT2D eigenvalue weighted by molar-refractivity contribution is 5.85. The molecule has 2 saturated carbocycles. The second kappa shape index (κ2) is 5.46. The average Bonchev–Trinajstić information content (AvgIpc) is 3.04. The fourth-order valence-corrected chi connectivity index (χ4v) is 4.94. The lowest BCUT2D eigenvalue weighted by Crippen LogP contribution is -2.53. The molecule has 1 spiro atoms. The molecule has 3 heterocycles. The number of amides is 1. The fraction of sp³-hybridized carbons (Fsp3) is 0.833. The third-order valence-corrected chi connectivity index (χ3v) is 6.53. The van der Waals surface area contributed by atoms with E-state index in [2.05, 4.69) is 19.9 Å². The molecular formula is C18H26N4O2. The number of nitrogens with zero attached hydrogens (tertiary/aromatic N) is 4. The van der Waals surface area contributed by atoms with Crippen LogP contribution in [0.5, 0.6) is 0 Å². The predicted octanol–water partition coefficient (Wildman–Crippen LogP) is 2.71. The summed E-state index contributed by atoms with van der Waals surface area (Å²) in [5.74, 6) is 2.36. The van der Waals surface area contributed by atoms with E-state index in [1.165, 1.54) is 38.5 Å². The number of likely N-dealkylation sites (tertiary alicyclic amines) is 1. The first-order valence-corrected chi connectivity index (χ1v) is 9.65. The topological polar surface area (TPSA) is 62.5 Å². The lowest BCUT2D eigenvalue weighted by Gasteiger charge is -2.42. The number of carbonyl (C=O) groups is 1. The minimum absolute atomic E-state index is 0.207. The zero-order valence-corrected chi connectivity index (χ0v) is 14.2. The summed E-state index contributed by atoms with van der Waals surface area (Å²) in [6.07, 6.45) is 10.4. The standard InChI is InChI=1S/C18H26N4O2/c23-16-18(8-3-10-22(16)14-4-1-2-5-14)9-11-21(12-18)17-19-15(24-20-17)13-6-7-13/h13-14H,1-12H2. The molecule has 2 aliphatic carbocycles. The first-order valence-electron chi connectivity index (χ1n) is 9.65. The van der Waals surface area contributed by atoms with E-state index in [0.717, 1.165) is 44.8 Å². The Hall–Kier alpha value is -1.59. The van der Waals surface area contributed by atoms with Gasteiger partial charge in [0.25, 0.3) is 5.95 Å². The molecule has 4 fully saturated rings. The van der Waals surface area contributed by atoms with Crippen LogP contribution >= 0.6 is 0 Å². The van der Waals surface area contributed by atoms with Crippen molar-refractivity contribution in [2.24, 2.45) is 5.41 Å². The Morgan fingerprint density at radius 1 is 1.04 bits per heavy atom. The molecule has 1 amide bonds. The highest BCUT2D eigenvalue weighted by Gasteiger charge is 2.50. The molecule has 1 atom stereocenters. The number of aromatic nitrogens is 2. The number of anilines is 1. The molecule has 6 nitrogen and oxygen atoms in total. The molecule has 6 heteroatoms. The molecule has 2 aliphatic heterocycles. The molecule has 2 saturated heterocycles. The Morgan fingerprint density at radius 3 is 2.67 bits per heavy atom. The van der Waals surface area contributed by atoms with Gasteiger partial charge in [0.2, 0.25) is 11.8 Å². The van der Waals surface area contributed by atoms with Crippen LogP contribution in [0.25, 0.3) is 0 Å². The number of hydrogen-bond acceptors (Lipinski definition) is 5. The van der Waals surface area contributed by atoms with Crippen molar-refractivity contribution in [3.05, 3.63) is 5.89 Å². The maximum atomic E-state index is 13.3. The van der Waals surface area contributed by atoms with E-state index in [-0.39, 0.29) is 5.41 Å². The maximum absolute atomic E-state index is 13.3. The van der Waals surface area contributed by atoms with Gasteiger partial charge in [-0.15, -0.1) is 0 Å². The lowest BCUT2D eigenvalue weighted by molar-refractivity contribution is -0.147. The van der Waals surface area contributed by atoms with Gasteiger partial charge >= 0.3 is 0 Å². The quantitative estimate of drug-likeness (QED) is 0.853. The predicted molar refractivity (Wildman–Crippen MR) is 88.7 cm³/mol. The van der Waals surface area contributed by atoms with Crippen molar-refractivity contribution in [2.45, 2.75) is 69.7 Å². The average molecular weight is 330 g/mol. The summed E-state index contributed by atoms with van der Waals surface area (Å²) in [5.41, 5.74) is -0.207. The van der Waals surface area contributed by atoms with Crippen LogP contribution in [-0.2, 0) is 4.79 Å². The van der Waals surface area contributed by atoms with Gasteiger partial charge in [0.05, 0.1) is 5.41 Å². The Balaban J connectivity index is 1.33. The summed E-state index contributed by atoms with van der Waals surface area (Å²) in [7, 11) is 0. The van der Waals surface area contributed by atoms with Crippen molar-refractivity contribution in [1.82, 2.24) is 15.0 Å². The summed E-state index contributed by atoms with van der Waals surface area (Å²) in [4.78, 5) is 22.2. The molecule has 130 valence electrons. The van der Waals surface area contributed by atoms with Crippen LogP contribution in [-0.4, -0.2) is 46.6 Å². The van der Waals surface area contributed by atoms with Gasteiger partial charge < -0.3 is 14.3 Å². The largest absolute Gasteiger partial charge is 0.339 e. The van der Waals surface area contributed by atoms with Crippen LogP contribution < -0.4 is 4.90 Å². The monoisotopic (exact) mass is 330 g/mol. The van der Waals surface area contributed by atoms with E-state index in [9.17, 15) is 4.79 Å². The molecule has 0 radical (unpaired) electrons. The Kier molecular flexibility index (Phi) is 3.35. The van der Waals surface area contributed by atoms with Gasteiger partial charge in [0, 0.05) is 31.6 Å². The Bertz CT molecular complexity index is 635. The van der Waals surface area contributed by atoms with Crippen molar-refractivity contribution >= 4 is 11.9 Å². The van der Waals surface area contributed by atoms with Crippen molar-refractivity contribution in [1.29, 1.82) is 0 Å². The minimum atomic E-state index is -0.207. The van der Waals surface area contributed by atoms with Gasteiger partial charge in [-0.1, -0.05) is 12.8 Å². The molecule has 0 N–H and O–H groups in total. The van der Waals surface area contributed by atoms with E-state index >= 15 is 0 Å². The summed E-state index contributed by atoms with van der Waals surface area (Å²) < 4.78 is 5.41. The number of piperidine rings is 1. The smallest absolute Gasteiger partial charge is 0.266 e. The lowest BCUT2D eigenvalue weighted by atomic mass is 9.77. The Morgan fingerprint density at radius 2 is 1.88 bits per heavy atom. The normalized spacial score (nSPS) is 31.6. The number of rotatable bonds is 3. The molecule has 0 bridgehead atoms. The number of carbonyl (C=O) groups excluding carboxylic acids is 1. The van der Waals surface area contributed by atoms with Crippen LogP contribution in [0, 0.1) is 5.41 Å². The van der Waals surface area contributed by atoms with E-state index < -0.39 is 0 Å². The third-order valence-electron chi connectivity index (χ3n) is 6.53. The first-order chi connectivity index (χ1) is 11.8. The molecule has 24 heavy (non-hydrogen) atoms. The fourth-order valence-electron chi connectivity index (χ4n) is 4.94. The van der Waals surface area contributed by atoms with Gasteiger partial charge in [-0.05, 0) is 50.1 Å². The third kappa shape index (κ3) is 2.33. The van der Waals surface area contributed by atoms with E-state index in [1.807, 2.05) is 0 Å². The van der Waals surface area contributed by atoms with Gasteiger partial charge in [-0.25, -0.2) is 0 Å². The zero-order valence-electron chi connectivity index (χ0n) is 14.2. The van der Waals surface area contributed by atoms with Gasteiger partial charge in [0.1, 0.15) is 0 Å². The molecular weight excluding hydrogens is 304 g/mol. The summed E-state index contributed by atoms with van der Waals surface area (Å²) in [6.45, 7) is 2.59. The van der Waals surface area contributed by atoms with Crippen LogP contribution in [0.3, 0.4) is 0 Å².